The fourth-order valence-electron chi connectivity index (χ4n) is 1.75. The molecule has 0 bridgehead atoms. The van der Waals surface area contributed by atoms with Crippen LogP contribution in [0.5, 0.6) is 0 Å². The van der Waals surface area contributed by atoms with Crippen molar-refractivity contribution in [3.05, 3.63) is 34.9 Å². The standard InChI is InChI=1S/C15H23ClN4O/c1-3-17-15(20-11-10-18-12(2)21)19-9-8-13-6-4-5-7-14(13)16/h4-7H,3,8-11H2,1-2H3,(H,18,21)(H2,17,19,20). The Morgan fingerprint density at radius 1 is 1.19 bits per heavy atom. The van der Waals surface area contributed by atoms with Crippen molar-refractivity contribution in [2.75, 3.05) is 26.2 Å². The van der Waals surface area contributed by atoms with Gasteiger partial charge >= 0.3 is 0 Å². The monoisotopic (exact) mass is 310 g/mol. The summed E-state index contributed by atoms with van der Waals surface area (Å²) in [5.74, 6) is 0.715. The number of hydrogen-bond acceptors (Lipinski definition) is 2. The Labute approximate surface area is 131 Å². The molecule has 1 aromatic rings. The van der Waals surface area contributed by atoms with Gasteiger partial charge in [0, 0.05) is 38.1 Å². The maximum atomic E-state index is 10.8. The van der Waals surface area contributed by atoms with Crippen molar-refractivity contribution in [2.24, 2.45) is 4.99 Å². The molecule has 0 atom stereocenters. The molecule has 0 aromatic heterocycles. The van der Waals surface area contributed by atoms with Gasteiger partial charge in [0.05, 0.1) is 0 Å². The van der Waals surface area contributed by atoms with E-state index in [1.165, 1.54) is 6.92 Å². The number of carbonyl (C=O) groups is 1. The van der Waals surface area contributed by atoms with E-state index in [0.29, 0.717) is 19.6 Å². The lowest BCUT2D eigenvalue weighted by Gasteiger charge is -2.11. The third-order valence-corrected chi connectivity index (χ3v) is 3.11. The number of carbonyl (C=O) groups excluding carboxylic acids is 1. The van der Waals surface area contributed by atoms with Crippen LogP contribution in [0.25, 0.3) is 0 Å². The van der Waals surface area contributed by atoms with Gasteiger partial charge < -0.3 is 16.0 Å². The van der Waals surface area contributed by atoms with Crippen LogP contribution in [0.2, 0.25) is 5.02 Å². The Bertz CT molecular complexity index is 476. The maximum absolute atomic E-state index is 10.8. The normalized spacial score (nSPS) is 11.1. The largest absolute Gasteiger partial charge is 0.357 e. The molecule has 6 heteroatoms. The zero-order chi connectivity index (χ0) is 15.5. The first-order valence-electron chi connectivity index (χ1n) is 7.13. The van der Waals surface area contributed by atoms with Gasteiger partial charge in [-0.15, -0.1) is 0 Å². The van der Waals surface area contributed by atoms with Gasteiger partial charge in [-0.2, -0.15) is 0 Å². The number of halogens is 1. The summed E-state index contributed by atoms with van der Waals surface area (Å²) in [5.41, 5.74) is 1.09. The number of nitrogens with one attached hydrogen (secondary N) is 3. The summed E-state index contributed by atoms with van der Waals surface area (Å²) < 4.78 is 0. The summed E-state index contributed by atoms with van der Waals surface area (Å²) in [6.07, 6.45) is 0.794. The number of hydrogen-bond donors (Lipinski definition) is 3. The first kappa shape index (κ1) is 17.3. The van der Waals surface area contributed by atoms with Gasteiger partial charge in [-0.1, -0.05) is 29.8 Å². The van der Waals surface area contributed by atoms with Crippen molar-refractivity contribution in [1.29, 1.82) is 0 Å². The lowest BCUT2D eigenvalue weighted by molar-refractivity contribution is -0.118. The van der Waals surface area contributed by atoms with E-state index in [1.54, 1.807) is 0 Å². The highest BCUT2D eigenvalue weighted by molar-refractivity contribution is 6.31. The molecule has 3 N–H and O–H groups in total. The van der Waals surface area contributed by atoms with E-state index in [1.807, 2.05) is 31.2 Å². The highest BCUT2D eigenvalue weighted by atomic mass is 35.5. The van der Waals surface area contributed by atoms with Gasteiger partial charge in [0.25, 0.3) is 0 Å². The SMILES string of the molecule is CCNC(=NCCc1ccccc1Cl)NCCNC(C)=O. The Morgan fingerprint density at radius 3 is 2.57 bits per heavy atom. The Kier molecular flexibility index (Phi) is 8.28. The second kappa shape index (κ2) is 10.0. The molecule has 0 fully saturated rings. The molecule has 116 valence electrons. The van der Waals surface area contributed by atoms with Crippen molar-refractivity contribution in [3.63, 3.8) is 0 Å². The number of benzene rings is 1. The minimum absolute atomic E-state index is 0.0301. The quantitative estimate of drug-likeness (QED) is 0.407. The highest BCUT2D eigenvalue weighted by Gasteiger charge is 2.00. The lowest BCUT2D eigenvalue weighted by atomic mass is 10.1. The zero-order valence-corrected chi connectivity index (χ0v) is 13.3. The van der Waals surface area contributed by atoms with Crippen LogP contribution in [0.1, 0.15) is 19.4 Å². The highest BCUT2D eigenvalue weighted by Crippen LogP contribution is 2.15. The van der Waals surface area contributed by atoms with E-state index in [9.17, 15) is 4.79 Å². The van der Waals surface area contributed by atoms with Crippen LogP contribution in [0.4, 0.5) is 0 Å². The summed E-state index contributed by atoms with van der Waals surface area (Å²) in [5, 5.41) is 9.84. The van der Waals surface area contributed by atoms with Crippen LogP contribution in [0.3, 0.4) is 0 Å². The van der Waals surface area contributed by atoms with E-state index < -0.39 is 0 Å². The molecule has 1 rings (SSSR count). The Morgan fingerprint density at radius 2 is 1.90 bits per heavy atom. The average molecular weight is 311 g/mol. The first-order chi connectivity index (χ1) is 10.1. The maximum Gasteiger partial charge on any atom is 0.216 e. The van der Waals surface area contributed by atoms with Crippen molar-refractivity contribution >= 4 is 23.5 Å². The first-order valence-corrected chi connectivity index (χ1v) is 7.51. The second-order valence-electron chi connectivity index (χ2n) is 4.51. The summed E-state index contributed by atoms with van der Waals surface area (Å²) >= 11 is 6.11. The minimum Gasteiger partial charge on any atom is -0.357 e. The van der Waals surface area contributed by atoms with E-state index in [0.717, 1.165) is 29.5 Å². The molecule has 0 spiro atoms. The third-order valence-electron chi connectivity index (χ3n) is 2.74. The molecule has 21 heavy (non-hydrogen) atoms. The predicted molar refractivity (Wildman–Crippen MR) is 87.8 cm³/mol. The molecule has 0 aliphatic carbocycles. The van der Waals surface area contributed by atoms with E-state index in [2.05, 4.69) is 20.9 Å². The average Bonchev–Trinajstić information content (AvgIpc) is 2.45. The van der Waals surface area contributed by atoms with Gasteiger partial charge in [-0.05, 0) is 25.0 Å². The van der Waals surface area contributed by atoms with Crippen molar-refractivity contribution in [2.45, 2.75) is 20.3 Å². The molecular formula is C15H23ClN4O. The van der Waals surface area contributed by atoms with E-state index in [4.69, 9.17) is 11.6 Å². The summed E-state index contributed by atoms with van der Waals surface area (Å²) in [6.45, 7) is 6.17. The number of aliphatic imine (C=N–C) groups is 1. The van der Waals surface area contributed by atoms with Gasteiger partial charge in [0.1, 0.15) is 0 Å². The summed E-state index contributed by atoms with van der Waals surface area (Å²) in [7, 11) is 0. The van der Waals surface area contributed by atoms with Gasteiger partial charge in [-0.3, -0.25) is 9.79 Å². The van der Waals surface area contributed by atoms with Crippen molar-refractivity contribution < 1.29 is 4.79 Å². The van der Waals surface area contributed by atoms with Crippen LogP contribution in [0, 0.1) is 0 Å². The van der Waals surface area contributed by atoms with Crippen LogP contribution in [-0.4, -0.2) is 38.0 Å². The molecule has 0 saturated heterocycles. The Hall–Kier alpha value is -1.75. The fourth-order valence-corrected chi connectivity index (χ4v) is 1.98. The molecular weight excluding hydrogens is 288 g/mol. The summed E-state index contributed by atoms with van der Waals surface area (Å²) in [4.78, 5) is 15.3. The van der Waals surface area contributed by atoms with Crippen LogP contribution >= 0.6 is 11.6 Å². The van der Waals surface area contributed by atoms with Crippen molar-refractivity contribution in [1.82, 2.24) is 16.0 Å². The van der Waals surface area contributed by atoms with Crippen LogP contribution < -0.4 is 16.0 Å². The predicted octanol–water partition coefficient (Wildman–Crippen LogP) is 1.57. The molecule has 0 aliphatic rings. The number of amides is 1. The molecule has 0 unspecified atom stereocenters. The van der Waals surface area contributed by atoms with Crippen molar-refractivity contribution in [3.8, 4) is 0 Å². The molecule has 0 radical (unpaired) electrons. The number of guanidine groups is 1. The van der Waals surface area contributed by atoms with Gasteiger partial charge in [-0.25, -0.2) is 0 Å². The van der Waals surface area contributed by atoms with E-state index >= 15 is 0 Å². The fraction of sp³-hybridized carbons (Fsp3) is 0.467. The zero-order valence-electron chi connectivity index (χ0n) is 12.6. The topological polar surface area (TPSA) is 65.5 Å². The minimum atomic E-state index is -0.0301. The molecule has 0 saturated carbocycles. The smallest absolute Gasteiger partial charge is 0.216 e. The molecule has 1 amide bonds. The number of rotatable bonds is 7. The molecule has 5 nitrogen and oxygen atoms in total. The lowest BCUT2D eigenvalue weighted by Crippen LogP contribution is -2.41. The van der Waals surface area contributed by atoms with Gasteiger partial charge in [0.15, 0.2) is 5.96 Å². The van der Waals surface area contributed by atoms with Crippen LogP contribution in [-0.2, 0) is 11.2 Å². The molecule has 0 heterocycles. The molecule has 1 aromatic carbocycles. The Balaban J connectivity index is 2.40. The third kappa shape index (κ3) is 7.56. The molecule has 0 aliphatic heterocycles. The van der Waals surface area contributed by atoms with Crippen LogP contribution in [0.15, 0.2) is 29.3 Å². The second-order valence-corrected chi connectivity index (χ2v) is 4.92. The summed E-state index contributed by atoms with van der Waals surface area (Å²) in [6, 6.07) is 7.79. The number of nitrogens with zero attached hydrogens (tertiary/aromatic N) is 1. The van der Waals surface area contributed by atoms with Gasteiger partial charge in [0.2, 0.25) is 5.91 Å². The van der Waals surface area contributed by atoms with E-state index in [-0.39, 0.29) is 5.91 Å².